The van der Waals surface area contributed by atoms with E-state index in [4.69, 9.17) is 0 Å². The van der Waals surface area contributed by atoms with Gasteiger partial charge in [-0.3, -0.25) is 4.68 Å². The van der Waals surface area contributed by atoms with Crippen molar-refractivity contribution in [3.63, 3.8) is 0 Å². The molecule has 0 unspecified atom stereocenters. The van der Waals surface area contributed by atoms with Gasteiger partial charge < -0.3 is 9.90 Å². The zero-order valence-electron chi connectivity index (χ0n) is 11.1. The van der Waals surface area contributed by atoms with Crippen LogP contribution in [0.5, 0.6) is 0 Å². The number of carbonyl (C=O) groups is 1. The lowest BCUT2D eigenvalue weighted by Crippen LogP contribution is -2.22. The van der Waals surface area contributed by atoms with Crippen molar-refractivity contribution < 1.29 is 9.90 Å². The molecule has 2 aromatic heterocycles. The summed E-state index contributed by atoms with van der Waals surface area (Å²) >= 11 is 0. The first-order valence-corrected chi connectivity index (χ1v) is 6.18. The molecular formula is C15H12N3O2-. The first-order chi connectivity index (χ1) is 9.56. The highest BCUT2D eigenvalue weighted by Crippen LogP contribution is 2.26. The highest BCUT2D eigenvalue weighted by atomic mass is 16.4. The standard InChI is InChI=1S/C15H13N3O2/c1-9-12(8-18(2)17-9)14-7-11(15(19)20)10-5-3-4-6-13(10)16-14/h3-8H,1-2H3,(H,19,20)/p-1. The number of benzene rings is 1. The smallest absolute Gasteiger partial charge is 0.0750 e. The molecule has 0 aliphatic heterocycles. The Labute approximate surface area is 115 Å². The van der Waals surface area contributed by atoms with Crippen molar-refractivity contribution in [3.05, 3.63) is 47.8 Å². The van der Waals surface area contributed by atoms with Crippen molar-refractivity contribution in [2.45, 2.75) is 6.92 Å². The van der Waals surface area contributed by atoms with E-state index in [9.17, 15) is 9.90 Å². The number of aryl methyl sites for hydroxylation is 2. The van der Waals surface area contributed by atoms with Gasteiger partial charge in [0.1, 0.15) is 0 Å². The topological polar surface area (TPSA) is 70.8 Å². The highest BCUT2D eigenvalue weighted by molar-refractivity contribution is 6.02. The Morgan fingerprint density at radius 2 is 2.05 bits per heavy atom. The van der Waals surface area contributed by atoms with Crippen molar-refractivity contribution in [3.8, 4) is 11.3 Å². The molecule has 20 heavy (non-hydrogen) atoms. The molecule has 0 fully saturated rings. The van der Waals surface area contributed by atoms with Crippen molar-refractivity contribution >= 4 is 16.9 Å². The van der Waals surface area contributed by atoms with E-state index in [0.29, 0.717) is 16.6 Å². The molecule has 3 rings (SSSR count). The summed E-state index contributed by atoms with van der Waals surface area (Å²) in [7, 11) is 1.82. The third kappa shape index (κ3) is 1.93. The van der Waals surface area contributed by atoms with Crippen LogP contribution in [0.3, 0.4) is 0 Å². The predicted molar refractivity (Wildman–Crippen MR) is 73.0 cm³/mol. The molecule has 1 aromatic carbocycles. The van der Waals surface area contributed by atoms with Crippen molar-refractivity contribution in [2.75, 3.05) is 0 Å². The Morgan fingerprint density at radius 1 is 1.30 bits per heavy atom. The Balaban J connectivity index is 2.32. The van der Waals surface area contributed by atoms with Crippen LogP contribution in [-0.4, -0.2) is 20.7 Å². The summed E-state index contributed by atoms with van der Waals surface area (Å²) in [6.45, 7) is 1.87. The average molecular weight is 266 g/mol. The number of carbonyl (C=O) groups excluding carboxylic acids is 1. The minimum absolute atomic E-state index is 0.147. The lowest BCUT2D eigenvalue weighted by atomic mass is 10.0. The molecule has 0 aliphatic rings. The van der Waals surface area contributed by atoms with Crippen molar-refractivity contribution in [1.82, 2.24) is 14.8 Å². The molecule has 5 heteroatoms. The van der Waals surface area contributed by atoms with E-state index in [1.54, 1.807) is 28.9 Å². The highest BCUT2D eigenvalue weighted by Gasteiger charge is 2.11. The minimum atomic E-state index is -1.20. The normalized spacial score (nSPS) is 10.9. The SMILES string of the molecule is Cc1nn(C)cc1-c1cc(C(=O)[O-])c2ccccc2n1. The quantitative estimate of drug-likeness (QED) is 0.701. The van der Waals surface area contributed by atoms with E-state index < -0.39 is 5.97 Å². The molecule has 0 radical (unpaired) electrons. The van der Waals surface area contributed by atoms with Gasteiger partial charge in [-0.05, 0) is 19.1 Å². The second-order valence-electron chi connectivity index (χ2n) is 4.66. The molecule has 0 aliphatic carbocycles. The fourth-order valence-electron chi connectivity index (χ4n) is 2.33. The van der Waals surface area contributed by atoms with Gasteiger partial charge in [0.15, 0.2) is 0 Å². The lowest BCUT2D eigenvalue weighted by Gasteiger charge is -2.09. The number of nitrogens with zero attached hydrogens (tertiary/aromatic N) is 3. The average Bonchev–Trinajstić information content (AvgIpc) is 2.76. The van der Waals surface area contributed by atoms with Crippen LogP contribution >= 0.6 is 0 Å². The molecule has 0 amide bonds. The fraction of sp³-hybridized carbons (Fsp3) is 0.133. The molecular weight excluding hydrogens is 254 g/mol. The fourth-order valence-corrected chi connectivity index (χ4v) is 2.33. The van der Waals surface area contributed by atoms with Crippen LogP contribution in [0.15, 0.2) is 36.5 Å². The summed E-state index contributed by atoms with van der Waals surface area (Å²) in [4.78, 5) is 15.8. The molecule has 0 N–H and O–H groups in total. The molecule has 100 valence electrons. The Bertz CT molecular complexity index is 821. The van der Waals surface area contributed by atoms with Crippen molar-refractivity contribution in [2.24, 2.45) is 7.05 Å². The van der Waals surface area contributed by atoms with Crippen LogP contribution in [0.1, 0.15) is 16.1 Å². The van der Waals surface area contributed by atoms with Crippen LogP contribution in [-0.2, 0) is 7.05 Å². The maximum atomic E-state index is 11.3. The first kappa shape index (κ1) is 12.3. The van der Waals surface area contributed by atoms with E-state index in [0.717, 1.165) is 11.3 Å². The van der Waals surface area contributed by atoms with E-state index in [2.05, 4.69) is 10.1 Å². The molecule has 0 saturated carbocycles. The van der Waals surface area contributed by atoms with Gasteiger partial charge in [-0.1, -0.05) is 18.2 Å². The number of rotatable bonds is 2. The van der Waals surface area contributed by atoms with Crippen LogP contribution in [0.2, 0.25) is 0 Å². The molecule has 0 spiro atoms. The summed E-state index contributed by atoms with van der Waals surface area (Å²) in [6.07, 6.45) is 1.82. The molecule has 0 saturated heterocycles. The third-order valence-corrected chi connectivity index (χ3v) is 3.23. The number of carboxylic acid groups (broad SMARTS) is 1. The predicted octanol–water partition coefficient (Wildman–Crippen LogP) is 1.31. The number of carboxylic acids is 1. The zero-order valence-corrected chi connectivity index (χ0v) is 11.1. The molecule has 5 nitrogen and oxygen atoms in total. The summed E-state index contributed by atoms with van der Waals surface area (Å²) in [5, 5.41) is 16.2. The van der Waals surface area contributed by atoms with Crippen molar-refractivity contribution in [1.29, 1.82) is 0 Å². The summed E-state index contributed by atoms with van der Waals surface area (Å²) in [5.41, 5.74) is 3.00. The number of para-hydroxylation sites is 1. The van der Waals surface area contributed by atoms with E-state index in [1.165, 1.54) is 0 Å². The van der Waals surface area contributed by atoms with Gasteiger partial charge in [0.2, 0.25) is 0 Å². The number of aromatic nitrogens is 3. The molecule has 2 heterocycles. The van der Waals surface area contributed by atoms with Crippen LogP contribution < -0.4 is 5.11 Å². The molecule has 3 aromatic rings. The first-order valence-electron chi connectivity index (χ1n) is 6.18. The third-order valence-electron chi connectivity index (χ3n) is 3.23. The minimum Gasteiger partial charge on any atom is -0.545 e. The number of hydrogen-bond acceptors (Lipinski definition) is 4. The van der Waals surface area contributed by atoms with E-state index in [-0.39, 0.29) is 5.56 Å². The largest absolute Gasteiger partial charge is 0.545 e. The Hall–Kier alpha value is -2.69. The van der Waals surface area contributed by atoms with Crippen LogP contribution in [0.4, 0.5) is 0 Å². The maximum Gasteiger partial charge on any atom is 0.0750 e. The summed E-state index contributed by atoms with van der Waals surface area (Å²) in [5.74, 6) is -1.20. The van der Waals surface area contributed by atoms with Gasteiger partial charge in [0.25, 0.3) is 0 Å². The Morgan fingerprint density at radius 3 is 2.70 bits per heavy atom. The van der Waals surface area contributed by atoms with Gasteiger partial charge in [0, 0.05) is 29.8 Å². The van der Waals surface area contributed by atoms with E-state index in [1.807, 2.05) is 26.2 Å². The van der Waals surface area contributed by atoms with Gasteiger partial charge in [-0.25, -0.2) is 4.98 Å². The summed E-state index contributed by atoms with van der Waals surface area (Å²) in [6, 6.07) is 8.67. The maximum absolute atomic E-state index is 11.3. The van der Waals surface area contributed by atoms with Crippen LogP contribution in [0.25, 0.3) is 22.2 Å². The monoisotopic (exact) mass is 266 g/mol. The number of fused-ring (bicyclic) bond motifs is 1. The summed E-state index contributed by atoms with van der Waals surface area (Å²) < 4.78 is 1.68. The second kappa shape index (κ2) is 4.45. The number of pyridine rings is 1. The van der Waals surface area contributed by atoms with Crippen LogP contribution in [0, 0.1) is 6.92 Å². The van der Waals surface area contributed by atoms with Gasteiger partial charge >= 0.3 is 0 Å². The molecule has 0 bridgehead atoms. The van der Waals surface area contributed by atoms with Gasteiger partial charge in [0.05, 0.1) is 22.9 Å². The number of hydrogen-bond donors (Lipinski definition) is 0. The molecule has 0 atom stereocenters. The Kier molecular flexibility index (Phi) is 2.75. The van der Waals surface area contributed by atoms with E-state index >= 15 is 0 Å². The zero-order chi connectivity index (χ0) is 14.3. The number of aromatic carboxylic acids is 1. The van der Waals surface area contributed by atoms with Gasteiger partial charge in [-0.15, -0.1) is 0 Å². The second-order valence-corrected chi connectivity index (χ2v) is 4.66. The lowest BCUT2D eigenvalue weighted by molar-refractivity contribution is -0.254. The van der Waals surface area contributed by atoms with Gasteiger partial charge in [-0.2, -0.15) is 5.10 Å².